The molecule has 8 bridgehead atoms. The number of phenols is 11. The standard InChI is InChI=1S/C52H42O12/c53-29-9-1-5-25(13-29)49-33-17-35(43(59)21-41(33)57)50(26-6-2-10-30(54)14-26)37-19-39(47(63)23-45(37)61)52(28-8-4-12-32(56)16-28)40-20-38(46(62)24-48(40)64)51(27-7-3-11-31(55)15-27)36-18-34(49)42(58)22-44(36)60/h1-15,17-24,28,49-64H,16H2. The van der Waals surface area contributed by atoms with Crippen LogP contribution < -0.4 is 0 Å². The summed E-state index contributed by atoms with van der Waals surface area (Å²) in [5, 5.41) is 138. The maximum absolute atomic E-state index is 11.9. The van der Waals surface area contributed by atoms with Crippen LogP contribution in [0.5, 0.6) is 63.2 Å². The van der Waals surface area contributed by atoms with Crippen molar-refractivity contribution in [2.45, 2.75) is 30.1 Å². The van der Waals surface area contributed by atoms with E-state index in [9.17, 15) is 61.3 Å². The summed E-state index contributed by atoms with van der Waals surface area (Å²) in [5.74, 6) is -9.18. The van der Waals surface area contributed by atoms with Gasteiger partial charge in [-0.15, -0.1) is 0 Å². The molecule has 0 aromatic heterocycles. The Labute approximate surface area is 366 Å². The van der Waals surface area contributed by atoms with Crippen molar-refractivity contribution < 1.29 is 61.3 Å². The minimum Gasteiger partial charge on any atom is -0.512 e. The zero-order chi connectivity index (χ0) is 45.1. The summed E-state index contributed by atoms with van der Waals surface area (Å²) in [6, 6.07) is 28.6. The first-order valence-electron chi connectivity index (χ1n) is 20.3. The van der Waals surface area contributed by atoms with Crippen molar-refractivity contribution in [2.75, 3.05) is 0 Å². The van der Waals surface area contributed by atoms with Crippen LogP contribution in [-0.4, -0.2) is 61.3 Å². The lowest BCUT2D eigenvalue weighted by molar-refractivity contribution is 0.348. The van der Waals surface area contributed by atoms with Crippen LogP contribution in [0.15, 0.2) is 145 Å². The average molecular weight is 859 g/mol. The van der Waals surface area contributed by atoms with E-state index in [1.54, 1.807) is 48.6 Å². The van der Waals surface area contributed by atoms with Gasteiger partial charge < -0.3 is 61.3 Å². The Morgan fingerprint density at radius 2 is 0.625 bits per heavy atom. The Hall–Kier alpha value is -8.38. The van der Waals surface area contributed by atoms with Gasteiger partial charge in [0.2, 0.25) is 0 Å². The van der Waals surface area contributed by atoms with Crippen molar-refractivity contribution in [3.05, 3.63) is 207 Å². The first kappa shape index (κ1) is 41.0. The molecule has 12 N–H and O–H groups in total. The van der Waals surface area contributed by atoms with E-state index in [0.29, 0.717) is 16.7 Å². The predicted octanol–water partition coefficient (Wildman–Crippen LogP) is 9.45. The fourth-order valence-corrected chi connectivity index (χ4v) is 9.57. The van der Waals surface area contributed by atoms with Gasteiger partial charge in [0.05, 0.1) is 5.76 Å². The monoisotopic (exact) mass is 858 g/mol. The minimum atomic E-state index is -1.18. The van der Waals surface area contributed by atoms with Crippen LogP contribution in [0.2, 0.25) is 0 Å². The van der Waals surface area contributed by atoms with Crippen molar-refractivity contribution in [3.8, 4) is 63.2 Å². The maximum Gasteiger partial charge on any atom is 0.123 e. The van der Waals surface area contributed by atoms with E-state index < -0.39 is 75.6 Å². The first-order chi connectivity index (χ1) is 30.7. The lowest BCUT2D eigenvalue weighted by atomic mass is 9.72. The van der Waals surface area contributed by atoms with Gasteiger partial charge in [0.1, 0.15) is 63.2 Å². The molecule has 0 saturated carbocycles. The molecule has 64 heavy (non-hydrogen) atoms. The van der Waals surface area contributed by atoms with E-state index in [-0.39, 0.29) is 73.9 Å². The second kappa shape index (κ2) is 15.8. The molecule has 12 heteroatoms. The number of hydrogen-bond acceptors (Lipinski definition) is 12. The molecule has 0 fully saturated rings. The summed E-state index contributed by atoms with van der Waals surface area (Å²) >= 11 is 0. The zero-order valence-corrected chi connectivity index (χ0v) is 33.7. The molecule has 9 rings (SSSR count). The lowest BCUT2D eigenvalue weighted by Gasteiger charge is -2.32. The molecule has 0 heterocycles. The topological polar surface area (TPSA) is 243 Å². The second-order valence-corrected chi connectivity index (χ2v) is 16.4. The van der Waals surface area contributed by atoms with Gasteiger partial charge in [-0.1, -0.05) is 48.6 Å². The smallest absolute Gasteiger partial charge is 0.123 e. The first-order valence-corrected chi connectivity index (χ1v) is 20.3. The molecule has 12 nitrogen and oxygen atoms in total. The maximum atomic E-state index is 11.9. The molecule has 7 aromatic carbocycles. The predicted molar refractivity (Wildman–Crippen MR) is 236 cm³/mol. The van der Waals surface area contributed by atoms with Gasteiger partial charge in [-0.2, -0.15) is 0 Å². The van der Waals surface area contributed by atoms with Crippen molar-refractivity contribution >= 4 is 0 Å². The molecule has 3 unspecified atom stereocenters. The van der Waals surface area contributed by atoms with Crippen LogP contribution in [0, 0.1) is 5.92 Å². The quantitative estimate of drug-likeness (QED) is 0.0792. The highest BCUT2D eigenvalue weighted by Gasteiger charge is 2.37. The Balaban J connectivity index is 1.47. The molecular formula is C52H42O12. The van der Waals surface area contributed by atoms with Crippen LogP contribution in [0.4, 0.5) is 0 Å². The summed E-state index contributed by atoms with van der Waals surface area (Å²) in [5.41, 5.74) is 1.85. The van der Waals surface area contributed by atoms with Crippen LogP contribution in [0.25, 0.3) is 0 Å². The molecular weight excluding hydrogens is 817 g/mol. The summed E-state index contributed by atoms with van der Waals surface area (Å²) in [6.45, 7) is 0. The van der Waals surface area contributed by atoms with Gasteiger partial charge in [-0.3, -0.25) is 0 Å². The third kappa shape index (κ3) is 7.20. The summed E-state index contributed by atoms with van der Waals surface area (Å²) in [7, 11) is 0. The number of fused-ring (bicyclic) bond motifs is 8. The number of aliphatic hydroxyl groups excluding tert-OH is 1. The number of aromatic hydroxyl groups is 11. The largest absolute Gasteiger partial charge is 0.512 e. The number of rotatable bonds is 4. The zero-order valence-electron chi connectivity index (χ0n) is 33.7. The summed E-state index contributed by atoms with van der Waals surface area (Å²) < 4.78 is 0. The van der Waals surface area contributed by atoms with Crippen molar-refractivity contribution in [1.29, 1.82) is 0 Å². The average Bonchev–Trinajstić information content (AvgIpc) is 3.23. The highest BCUT2D eigenvalue weighted by molar-refractivity contribution is 5.67. The molecule has 0 radical (unpaired) electrons. The molecule has 322 valence electrons. The normalized spacial score (nSPS) is 19.2. The van der Waals surface area contributed by atoms with Gasteiger partial charge in [-0.05, 0) is 89.3 Å². The van der Waals surface area contributed by atoms with Gasteiger partial charge in [0.15, 0.2) is 0 Å². The lowest BCUT2D eigenvalue weighted by Crippen LogP contribution is -2.17. The Morgan fingerprint density at radius 3 is 0.922 bits per heavy atom. The molecule has 2 aliphatic carbocycles. The summed E-state index contributed by atoms with van der Waals surface area (Å²) in [4.78, 5) is 0. The van der Waals surface area contributed by atoms with Gasteiger partial charge in [-0.25, -0.2) is 0 Å². The number of aliphatic hydroxyl groups is 1. The Morgan fingerprint density at radius 1 is 0.328 bits per heavy atom. The Kier molecular flexibility index (Phi) is 10.1. The third-order valence-corrected chi connectivity index (χ3v) is 12.4. The number of phenolic OH excluding ortho intramolecular Hbond substituents is 11. The second-order valence-electron chi connectivity index (χ2n) is 16.4. The molecule has 7 aromatic rings. The molecule has 0 amide bonds. The highest BCUT2D eigenvalue weighted by Crippen LogP contribution is 2.54. The fourth-order valence-electron chi connectivity index (χ4n) is 9.57. The van der Waals surface area contributed by atoms with Crippen LogP contribution in [-0.2, 0) is 0 Å². The van der Waals surface area contributed by atoms with Crippen LogP contribution in [0.3, 0.4) is 0 Å². The molecule has 2 aliphatic rings. The van der Waals surface area contributed by atoms with Gasteiger partial charge in [0, 0.05) is 98.9 Å². The fraction of sp³-hybridized carbons (Fsp3) is 0.115. The van der Waals surface area contributed by atoms with Crippen LogP contribution in [0.1, 0.15) is 91.3 Å². The molecule has 0 aliphatic heterocycles. The van der Waals surface area contributed by atoms with E-state index in [1.807, 2.05) is 0 Å². The van der Waals surface area contributed by atoms with E-state index >= 15 is 0 Å². The van der Waals surface area contributed by atoms with E-state index in [2.05, 4.69) is 0 Å². The molecule has 0 spiro atoms. The van der Waals surface area contributed by atoms with E-state index in [1.165, 1.54) is 66.7 Å². The highest BCUT2D eigenvalue weighted by atomic mass is 16.3. The molecule has 0 saturated heterocycles. The number of allylic oxidation sites excluding steroid dienone is 4. The molecule has 3 atom stereocenters. The van der Waals surface area contributed by atoms with Crippen molar-refractivity contribution in [1.82, 2.24) is 0 Å². The Bertz CT molecular complexity index is 2900. The van der Waals surface area contributed by atoms with Crippen molar-refractivity contribution in [3.63, 3.8) is 0 Å². The van der Waals surface area contributed by atoms with Gasteiger partial charge >= 0.3 is 0 Å². The van der Waals surface area contributed by atoms with Crippen LogP contribution >= 0.6 is 0 Å². The minimum absolute atomic E-state index is 0.00345. The van der Waals surface area contributed by atoms with Crippen molar-refractivity contribution in [2.24, 2.45) is 5.92 Å². The summed E-state index contributed by atoms with van der Waals surface area (Å²) in [6.07, 6.45) is 4.93. The van der Waals surface area contributed by atoms with Gasteiger partial charge in [0.25, 0.3) is 0 Å². The SMILES string of the molecule is OC1=CC=CC(C2c3cc(c(O)cc3O)C(c3cccc(O)c3)c3cc(c(O)cc3O)C(c3cccc(O)c3)c3cc(c(O)cc3O)C(c3cccc(O)c3)c3cc2c(O)cc3O)C1. The van der Waals surface area contributed by atoms with E-state index in [4.69, 9.17) is 0 Å². The third-order valence-electron chi connectivity index (χ3n) is 12.4. The van der Waals surface area contributed by atoms with E-state index in [0.717, 1.165) is 24.3 Å². The number of benzene rings is 7. The number of hydrogen-bond donors (Lipinski definition) is 12.